The number of carboxylic acids is 1. The van der Waals surface area contributed by atoms with E-state index in [2.05, 4.69) is 5.16 Å². The summed E-state index contributed by atoms with van der Waals surface area (Å²) < 4.78 is 10.7. The third-order valence-electron chi connectivity index (χ3n) is 3.03. The molecular formula is C15H17NO4. The summed E-state index contributed by atoms with van der Waals surface area (Å²) in [5.74, 6) is -0.613. The highest BCUT2D eigenvalue weighted by molar-refractivity contribution is 5.86. The fourth-order valence-electron chi connectivity index (χ4n) is 1.88. The van der Waals surface area contributed by atoms with E-state index in [0.717, 1.165) is 16.7 Å². The number of nitrogens with zero attached hydrogens (tertiary/aromatic N) is 1. The van der Waals surface area contributed by atoms with Crippen molar-refractivity contribution in [3.63, 3.8) is 0 Å². The van der Waals surface area contributed by atoms with E-state index < -0.39 is 5.97 Å². The van der Waals surface area contributed by atoms with Gasteiger partial charge in [-0.2, -0.15) is 0 Å². The molecule has 1 aromatic heterocycles. The summed E-state index contributed by atoms with van der Waals surface area (Å²) in [6.07, 6.45) is 0.0140. The lowest BCUT2D eigenvalue weighted by molar-refractivity contribution is 0.0652. The summed E-state index contributed by atoms with van der Waals surface area (Å²) in [5.41, 5.74) is 3.31. The monoisotopic (exact) mass is 275 g/mol. The number of carbonyl (C=O) groups is 1. The Kier molecular flexibility index (Phi) is 3.79. The topological polar surface area (TPSA) is 72.6 Å². The van der Waals surface area contributed by atoms with Gasteiger partial charge in [-0.15, -0.1) is 0 Å². The predicted molar refractivity (Wildman–Crippen MR) is 74.1 cm³/mol. The Morgan fingerprint density at radius 1 is 1.35 bits per heavy atom. The number of hydrogen-bond donors (Lipinski definition) is 1. The first-order valence-corrected chi connectivity index (χ1v) is 6.37. The second kappa shape index (κ2) is 5.36. The van der Waals surface area contributed by atoms with E-state index in [1.165, 1.54) is 6.07 Å². The lowest BCUT2D eigenvalue weighted by Crippen LogP contribution is -2.08. The van der Waals surface area contributed by atoms with Crippen LogP contribution in [0.4, 0.5) is 0 Å². The average molecular weight is 275 g/mol. The summed E-state index contributed by atoms with van der Waals surface area (Å²) in [4.78, 5) is 10.9. The average Bonchev–Trinajstić information content (AvgIpc) is 2.84. The number of benzene rings is 1. The van der Waals surface area contributed by atoms with Crippen LogP contribution in [-0.4, -0.2) is 22.3 Å². The first-order chi connectivity index (χ1) is 9.40. The maximum atomic E-state index is 10.9. The second-order valence-electron chi connectivity index (χ2n) is 4.93. The standard InChI is InChI=1S/C15H17NO4/c1-8(2)19-14-10(4)9(3)5-6-11(14)12-7-13(15(17)18)20-16-12/h5-8H,1-4H3,(H,17,18). The highest BCUT2D eigenvalue weighted by atomic mass is 16.5. The van der Waals surface area contributed by atoms with Crippen molar-refractivity contribution in [3.05, 3.63) is 35.1 Å². The van der Waals surface area contributed by atoms with Crippen LogP contribution in [0.2, 0.25) is 0 Å². The van der Waals surface area contributed by atoms with Gasteiger partial charge in [-0.05, 0) is 44.9 Å². The SMILES string of the molecule is Cc1ccc(-c2cc(C(=O)O)on2)c(OC(C)C)c1C. The molecule has 0 saturated heterocycles. The molecule has 1 aromatic carbocycles. The molecule has 106 valence electrons. The molecule has 0 radical (unpaired) electrons. The molecule has 0 amide bonds. The van der Waals surface area contributed by atoms with Gasteiger partial charge in [0.1, 0.15) is 11.4 Å². The van der Waals surface area contributed by atoms with Crippen molar-refractivity contribution in [2.45, 2.75) is 33.8 Å². The van der Waals surface area contributed by atoms with Crippen LogP contribution < -0.4 is 4.74 Å². The van der Waals surface area contributed by atoms with Gasteiger partial charge in [0.25, 0.3) is 0 Å². The molecule has 5 nitrogen and oxygen atoms in total. The minimum Gasteiger partial charge on any atom is -0.490 e. The van der Waals surface area contributed by atoms with Crippen LogP contribution in [-0.2, 0) is 0 Å². The molecular weight excluding hydrogens is 258 g/mol. The quantitative estimate of drug-likeness (QED) is 0.925. The number of hydrogen-bond acceptors (Lipinski definition) is 4. The van der Waals surface area contributed by atoms with Crippen molar-refractivity contribution in [2.75, 3.05) is 0 Å². The van der Waals surface area contributed by atoms with E-state index in [0.29, 0.717) is 11.4 Å². The van der Waals surface area contributed by atoms with E-state index in [1.54, 1.807) is 0 Å². The third-order valence-corrected chi connectivity index (χ3v) is 3.03. The van der Waals surface area contributed by atoms with Crippen LogP contribution in [0.25, 0.3) is 11.3 Å². The number of ether oxygens (including phenoxy) is 1. The van der Waals surface area contributed by atoms with Crippen molar-refractivity contribution in [1.29, 1.82) is 0 Å². The molecule has 20 heavy (non-hydrogen) atoms. The number of aryl methyl sites for hydroxylation is 1. The van der Waals surface area contributed by atoms with Gasteiger partial charge >= 0.3 is 5.97 Å². The molecule has 0 aliphatic rings. The lowest BCUT2D eigenvalue weighted by Gasteiger charge is -2.17. The van der Waals surface area contributed by atoms with Crippen molar-refractivity contribution in [3.8, 4) is 17.0 Å². The van der Waals surface area contributed by atoms with Gasteiger partial charge in [0.05, 0.1) is 6.10 Å². The molecule has 0 aliphatic carbocycles. The first kappa shape index (κ1) is 14.1. The number of aromatic nitrogens is 1. The molecule has 2 aromatic rings. The highest BCUT2D eigenvalue weighted by Crippen LogP contribution is 2.35. The number of rotatable bonds is 4. The van der Waals surface area contributed by atoms with Crippen LogP contribution in [0.5, 0.6) is 5.75 Å². The number of aromatic carboxylic acids is 1. The fourth-order valence-corrected chi connectivity index (χ4v) is 1.88. The normalized spacial score (nSPS) is 10.8. The molecule has 0 unspecified atom stereocenters. The Bertz CT molecular complexity index is 643. The van der Waals surface area contributed by atoms with Gasteiger partial charge in [0.15, 0.2) is 0 Å². The minimum atomic E-state index is -1.14. The summed E-state index contributed by atoms with van der Waals surface area (Å²) in [6.45, 7) is 7.85. The molecule has 0 spiro atoms. The molecule has 5 heteroatoms. The van der Waals surface area contributed by atoms with Gasteiger partial charge < -0.3 is 14.4 Å². The Morgan fingerprint density at radius 2 is 2.05 bits per heavy atom. The minimum absolute atomic E-state index is 0.0140. The van der Waals surface area contributed by atoms with Crippen LogP contribution >= 0.6 is 0 Å². The molecule has 0 saturated carbocycles. The van der Waals surface area contributed by atoms with Gasteiger partial charge in [-0.25, -0.2) is 4.79 Å². The Balaban J connectivity index is 2.54. The maximum absolute atomic E-state index is 10.9. The van der Waals surface area contributed by atoms with E-state index in [9.17, 15) is 4.79 Å². The Labute approximate surface area is 117 Å². The summed E-state index contributed by atoms with van der Waals surface area (Å²) in [7, 11) is 0. The Hall–Kier alpha value is -2.30. The molecule has 0 bridgehead atoms. The third kappa shape index (κ3) is 2.66. The van der Waals surface area contributed by atoms with E-state index >= 15 is 0 Å². The van der Waals surface area contributed by atoms with Crippen LogP contribution in [0.1, 0.15) is 35.5 Å². The van der Waals surface area contributed by atoms with Gasteiger partial charge in [0.2, 0.25) is 5.76 Å². The zero-order valence-electron chi connectivity index (χ0n) is 11.9. The van der Waals surface area contributed by atoms with Crippen LogP contribution in [0.3, 0.4) is 0 Å². The predicted octanol–water partition coefficient (Wildman–Crippen LogP) is 3.44. The smallest absolute Gasteiger partial charge is 0.374 e. The lowest BCUT2D eigenvalue weighted by atomic mass is 10.0. The largest absolute Gasteiger partial charge is 0.490 e. The van der Waals surface area contributed by atoms with E-state index in [1.807, 2.05) is 39.8 Å². The zero-order valence-corrected chi connectivity index (χ0v) is 11.9. The number of carboxylic acid groups (broad SMARTS) is 1. The van der Waals surface area contributed by atoms with Crippen molar-refractivity contribution in [1.82, 2.24) is 5.16 Å². The van der Waals surface area contributed by atoms with Crippen molar-refractivity contribution in [2.24, 2.45) is 0 Å². The molecule has 1 heterocycles. The Morgan fingerprint density at radius 3 is 2.60 bits per heavy atom. The zero-order chi connectivity index (χ0) is 14.9. The molecule has 2 rings (SSSR count). The van der Waals surface area contributed by atoms with Crippen LogP contribution in [0, 0.1) is 13.8 Å². The van der Waals surface area contributed by atoms with Gasteiger partial charge in [-0.1, -0.05) is 11.2 Å². The van der Waals surface area contributed by atoms with Crippen molar-refractivity contribution >= 4 is 5.97 Å². The van der Waals surface area contributed by atoms with Crippen molar-refractivity contribution < 1.29 is 19.2 Å². The first-order valence-electron chi connectivity index (χ1n) is 6.37. The summed E-state index contributed by atoms with van der Waals surface area (Å²) >= 11 is 0. The maximum Gasteiger partial charge on any atom is 0.374 e. The van der Waals surface area contributed by atoms with E-state index in [4.69, 9.17) is 14.4 Å². The highest BCUT2D eigenvalue weighted by Gasteiger charge is 2.18. The van der Waals surface area contributed by atoms with Gasteiger partial charge in [-0.3, -0.25) is 0 Å². The molecule has 0 aliphatic heterocycles. The fraction of sp³-hybridized carbons (Fsp3) is 0.333. The molecule has 1 N–H and O–H groups in total. The summed E-state index contributed by atoms with van der Waals surface area (Å²) in [5, 5.41) is 12.7. The second-order valence-corrected chi connectivity index (χ2v) is 4.93. The molecule has 0 fully saturated rings. The summed E-state index contributed by atoms with van der Waals surface area (Å²) in [6, 6.07) is 5.22. The van der Waals surface area contributed by atoms with Crippen LogP contribution in [0.15, 0.2) is 22.7 Å². The molecule has 0 atom stereocenters. The van der Waals surface area contributed by atoms with Gasteiger partial charge in [0, 0.05) is 11.6 Å². The van der Waals surface area contributed by atoms with E-state index in [-0.39, 0.29) is 11.9 Å².